The van der Waals surface area contributed by atoms with E-state index in [1.54, 1.807) is 12.1 Å². The van der Waals surface area contributed by atoms with Crippen molar-refractivity contribution in [3.63, 3.8) is 0 Å². The number of Topliss-reactive ketones (excluding diaryl/α,β-unsaturated/α-hetero) is 1. The third-order valence-corrected chi connectivity index (χ3v) is 5.46. The first-order valence-corrected chi connectivity index (χ1v) is 9.79. The maximum absolute atomic E-state index is 12.6. The van der Waals surface area contributed by atoms with Crippen molar-refractivity contribution < 1.29 is 4.79 Å². The molecule has 5 heteroatoms. The predicted molar refractivity (Wildman–Crippen MR) is 108 cm³/mol. The zero-order valence-electron chi connectivity index (χ0n) is 14.7. The van der Waals surface area contributed by atoms with Gasteiger partial charge in [-0.3, -0.25) is 4.79 Å². The molecule has 1 heterocycles. The van der Waals surface area contributed by atoms with Crippen LogP contribution in [0.1, 0.15) is 28.8 Å². The zero-order chi connectivity index (χ0) is 18.5. The zero-order valence-corrected chi connectivity index (χ0v) is 16.2. The number of halogens is 2. The van der Waals surface area contributed by atoms with Crippen molar-refractivity contribution in [3.05, 3.63) is 69.7 Å². The molecule has 1 saturated heterocycles. The van der Waals surface area contributed by atoms with Gasteiger partial charge in [0.05, 0.1) is 0 Å². The summed E-state index contributed by atoms with van der Waals surface area (Å²) >= 11 is 11.9. The molecule has 0 aliphatic carbocycles. The fraction of sp³-hybridized carbons (Fsp3) is 0.381. The van der Waals surface area contributed by atoms with Crippen molar-refractivity contribution in [2.75, 3.05) is 19.6 Å². The van der Waals surface area contributed by atoms with Gasteiger partial charge in [-0.2, -0.15) is 0 Å². The Morgan fingerprint density at radius 1 is 1.08 bits per heavy atom. The summed E-state index contributed by atoms with van der Waals surface area (Å²) in [5.74, 6) is 0.287. The molecular weight excluding hydrogens is 367 g/mol. The molecule has 1 atom stereocenters. The lowest BCUT2D eigenvalue weighted by atomic mass is 9.88. The summed E-state index contributed by atoms with van der Waals surface area (Å²) in [6.45, 7) is 2.66. The Hall–Kier alpha value is -1.39. The maximum Gasteiger partial charge on any atom is 0.166 e. The number of piperidine rings is 1. The van der Waals surface area contributed by atoms with E-state index >= 15 is 0 Å². The molecule has 138 valence electrons. The molecule has 3 nitrogen and oxygen atoms in total. The first-order valence-electron chi connectivity index (χ1n) is 9.03. The first kappa shape index (κ1) is 19.4. The summed E-state index contributed by atoms with van der Waals surface area (Å²) < 4.78 is 0. The summed E-state index contributed by atoms with van der Waals surface area (Å²) in [5, 5.41) is 1.36. The van der Waals surface area contributed by atoms with Crippen LogP contribution >= 0.6 is 23.2 Å². The number of rotatable bonds is 6. The van der Waals surface area contributed by atoms with Crippen LogP contribution in [0.25, 0.3) is 0 Å². The highest BCUT2D eigenvalue weighted by atomic mass is 35.5. The number of carbonyl (C=O) groups excluding carboxylic acids is 1. The summed E-state index contributed by atoms with van der Waals surface area (Å²) in [6, 6.07) is 15.2. The summed E-state index contributed by atoms with van der Waals surface area (Å²) in [5.41, 5.74) is 8.24. The standard InChI is InChI=1S/C21H24Cl2N2O/c22-18-6-4-15(5-7-18)12-20(24)14-25-10-8-16(9-11-25)21(26)17-2-1-3-19(23)13-17/h1-7,13,16,20H,8-12,14,24H2. The Morgan fingerprint density at radius 2 is 1.77 bits per heavy atom. The molecule has 1 unspecified atom stereocenters. The largest absolute Gasteiger partial charge is 0.326 e. The molecule has 0 saturated carbocycles. The lowest BCUT2D eigenvalue weighted by Crippen LogP contribution is -2.43. The molecule has 1 aliphatic rings. The van der Waals surface area contributed by atoms with E-state index in [9.17, 15) is 4.79 Å². The number of benzene rings is 2. The van der Waals surface area contributed by atoms with Crippen LogP contribution in [0.4, 0.5) is 0 Å². The minimum absolute atomic E-state index is 0.0800. The van der Waals surface area contributed by atoms with Crippen LogP contribution in [0.3, 0.4) is 0 Å². The third kappa shape index (κ3) is 5.31. The average molecular weight is 391 g/mol. The fourth-order valence-corrected chi connectivity index (χ4v) is 3.89. The van der Waals surface area contributed by atoms with E-state index in [-0.39, 0.29) is 17.7 Å². The number of carbonyl (C=O) groups is 1. The van der Waals surface area contributed by atoms with E-state index in [4.69, 9.17) is 28.9 Å². The van der Waals surface area contributed by atoms with Crippen LogP contribution in [0.5, 0.6) is 0 Å². The topological polar surface area (TPSA) is 46.3 Å². The van der Waals surface area contributed by atoms with E-state index in [0.717, 1.165) is 49.5 Å². The second-order valence-corrected chi connectivity index (χ2v) is 7.91. The highest BCUT2D eigenvalue weighted by Crippen LogP contribution is 2.23. The van der Waals surface area contributed by atoms with Gasteiger partial charge in [-0.05, 0) is 62.2 Å². The van der Waals surface area contributed by atoms with Gasteiger partial charge in [-0.1, -0.05) is 47.5 Å². The molecule has 0 bridgehead atoms. The molecule has 0 aromatic heterocycles. The molecule has 2 aromatic rings. The van der Waals surface area contributed by atoms with Crippen LogP contribution in [-0.4, -0.2) is 36.4 Å². The van der Waals surface area contributed by atoms with Crippen LogP contribution < -0.4 is 5.73 Å². The summed E-state index contributed by atoms with van der Waals surface area (Å²) in [7, 11) is 0. The number of ketones is 1. The number of nitrogens with two attached hydrogens (primary N) is 1. The lowest BCUT2D eigenvalue weighted by molar-refractivity contribution is 0.0836. The van der Waals surface area contributed by atoms with Crippen molar-refractivity contribution in [1.82, 2.24) is 4.90 Å². The minimum Gasteiger partial charge on any atom is -0.326 e. The number of likely N-dealkylation sites (tertiary alicyclic amines) is 1. The maximum atomic E-state index is 12.6. The molecule has 26 heavy (non-hydrogen) atoms. The second-order valence-electron chi connectivity index (χ2n) is 7.04. The van der Waals surface area contributed by atoms with Gasteiger partial charge >= 0.3 is 0 Å². The van der Waals surface area contributed by atoms with Gasteiger partial charge in [0, 0.05) is 34.1 Å². The second kappa shape index (κ2) is 9.01. The van der Waals surface area contributed by atoms with Gasteiger partial charge in [0.15, 0.2) is 5.78 Å². The van der Waals surface area contributed by atoms with E-state index in [2.05, 4.69) is 4.90 Å². The Bertz CT molecular complexity index is 740. The van der Waals surface area contributed by atoms with E-state index in [1.165, 1.54) is 5.56 Å². The first-order chi connectivity index (χ1) is 12.5. The minimum atomic E-state index is 0.0800. The lowest BCUT2D eigenvalue weighted by Gasteiger charge is -2.33. The monoisotopic (exact) mass is 390 g/mol. The predicted octanol–water partition coefficient (Wildman–Crippen LogP) is 4.46. The van der Waals surface area contributed by atoms with Crippen molar-refractivity contribution in [2.24, 2.45) is 11.7 Å². The van der Waals surface area contributed by atoms with Crippen LogP contribution in [0.15, 0.2) is 48.5 Å². The quantitative estimate of drug-likeness (QED) is 0.740. The van der Waals surface area contributed by atoms with Crippen molar-refractivity contribution >= 4 is 29.0 Å². The van der Waals surface area contributed by atoms with Gasteiger partial charge in [-0.15, -0.1) is 0 Å². The smallest absolute Gasteiger partial charge is 0.166 e. The molecule has 3 rings (SSSR count). The van der Waals surface area contributed by atoms with Gasteiger partial charge in [0.25, 0.3) is 0 Å². The highest BCUT2D eigenvalue weighted by Gasteiger charge is 2.26. The van der Waals surface area contributed by atoms with E-state index in [0.29, 0.717) is 5.02 Å². The normalized spacial score (nSPS) is 17.2. The van der Waals surface area contributed by atoms with Crippen molar-refractivity contribution in [1.29, 1.82) is 0 Å². The van der Waals surface area contributed by atoms with E-state index < -0.39 is 0 Å². The molecule has 2 aromatic carbocycles. The summed E-state index contributed by atoms with van der Waals surface area (Å²) in [4.78, 5) is 15.0. The highest BCUT2D eigenvalue weighted by molar-refractivity contribution is 6.31. The van der Waals surface area contributed by atoms with E-state index in [1.807, 2.05) is 36.4 Å². The third-order valence-electron chi connectivity index (χ3n) is 4.97. The average Bonchev–Trinajstić information content (AvgIpc) is 2.64. The Balaban J connectivity index is 1.47. The van der Waals surface area contributed by atoms with Crippen LogP contribution in [0, 0.1) is 5.92 Å². The molecule has 1 fully saturated rings. The van der Waals surface area contributed by atoms with Gasteiger partial charge < -0.3 is 10.6 Å². The SMILES string of the molecule is NC(Cc1ccc(Cl)cc1)CN1CCC(C(=O)c2cccc(Cl)c2)CC1. The number of hydrogen-bond acceptors (Lipinski definition) is 3. The molecule has 0 amide bonds. The molecular formula is C21H24Cl2N2O. The van der Waals surface area contributed by atoms with Gasteiger partial charge in [0.1, 0.15) is 0 Å². The van der Waals surface area contributed by atoms with Crippen LogP contribution in [-0.2, 0) is 6.42 Å². The Kier molecular flexibility index (Phi) is 6.71. The van der Waals surface area contributed by atoms with Crippen molar-refractivity contribution in [2.45, 2.75) is 25.3 Å². The fourth-order valence-electron chi connectivity index (χ4n) is 3.57. The van der Waals surface area contributed by atoms with Crippen molar-refractivity contribution in [3.8, 4) is 0 Å². The summed E-state index contributed by atoms with van der Waals surface area (Å²) in [6.07, 6.45) is 2.58. The Morgan fingerprint density at radius 3 is 2.42 bits per heavy atom. The Labute approximate surface area is 165 Å². The number of nitrogens with zero attached hydrogens (tertiary/aromatic N) is 1. The van der Waals surface area contributed by atoms with Gasteiger partial charge in [0.2, 0.25) is 0 Å². The number of hydrogen-bond donors (Lipinski definition) is 1. The molecule has 1 aliphatic heterocycles. The van der Waals surface area contributed by atoms with Crippen LogP contribution in [0.2, 0.25) is 10.0 Å². The molecule has 0 radical (unpaired) electrons. The molecule has 0 spiro atoms. The molecule has 2 N–H and O–H groups in total. The van der Waals surface area contributed by atoms with Gasteiger partial charge in [-0.25, -0.2) is 0 Å².